The van der Waals surface area contributed by atoms with Gasteiger partial charge in [0.25, 0.3) is 0 Å². The highest BCUT2D eigenvalue weighted by Crippen LogP contribution is 1.98. The van der Waals surface area contributed by atoms with Crippen molar-refractivity contribution in [2.24, 2.45) is 0 Å². The summed E-state index contributed by atoms with van der Waals surface area (Å²) in [7, 11) is 0. The Morgan fingerprint density at radius 2 is 1.83 bits per heavy atom. The van der Waals surface area contributed by atoms with Crippen molar-refractivity contribution in [1.82, 2.24) is 0 Å². The minimum Gasteiger partial charge on any atom is -0.473 e. The Kier molecular flexibility index (Phi) is 3.78. The van der Waals surface area contributed by atoms with Crippen LogP contribution in [0.4, 0.5) is 0 Å². The number of aryl methyl sites for hydroxylation is 1. The van der Waals surface area contributed by atoms with E-state index in [9.17, 15) is 0 Å². The Labute approximate surface area is 71.8 Å². The summed E-state index contributed by atoms with van der Waals surface area (Å²) in [4.78, 5) is 0. The summed E-state index contributed by atoms with van der Waals surface area (Å²) < 4.78 is 9.57. The van der Waals surface area contributed by atoms with Crippen LogP contribution >= 0.6 is 0 Å². The highest BCUT2D eigenvalue weighted by atomic mass is 16.3. The molecule has 2 heteroatoms. The number of rotatable bonds is 1. The first kappa shape index (κ1) is 8.65. The maximum atomic E-state index is 4.98. The van der Waals surface area contributed by atoms with Crippen LogP contribution in [0, 0.1) is 0 Å². The summed E-state index contributed by atoms with van der Waals surface area (Å²) >= 11 is 0. The summed E-state index contributed by atoms with van der Waals surface area (Å²) in [6, 6.07) is 7.54. The summed E-state index contributed by atoms with van der Waals surface area (Å²) in [5.41, 5.74) is 0. The molecular weight excluding hydrogens is 152 g/mol. The third-order valence-corrected chi connectivity index (χ3v) is 1.35. The molecule has 0 saturated carbocycles. The lowest BCUT2D eigenvalue weighted by atomic mass is 10.4. The second-order valence-corrected chi connectivity index (χ2v) is 2.23. The molecule has 0 aliphatic rings. The molecule has 0 amide bonds. The Balaban J connectivity index is 0.000000127. The van der Waals surface area contributed by atoms with E-state index in [-0.39, 0.29) is 0 Å². The smallest absolute Gasteiger partial charge is 0.103 e. The quantitative estimate of drug-likeness (QED) is 0.647. The van der Waals surface area contributed by atoms with Gasteiger partial charge in [0.15, 0.2) is 0 Å². The van der Waals surface area contributed by atoms with Crippen molar-refractivity contribution in [1.29, 1.82) is 0 Å². The van der Waals surface area contributed by atoms with Crippen LogP contribution < -0.4 is 0 Å². The zero-order valence-electron chi connectivity index (χ0n) is 7.07. The fraction of sp³-hybridized carbons (Fsp3) is 0.200. The maximum absolute atomic E-state index is 4.98. The van der Waals surface area contributed by atoms with Gasteiger partial charge in [0.2, 0.25) is 0 Å². The van der Waals surface area contributed by atoms with Crippen molar-refractivity contribution in [2.45, 2.75) is 13.3 Å². The molecule has 0 saturated heterocycles. The lowest BCUT2D eigenvalue weighted by Crippen LogP contribution is -1.66. The first-order valence-electron chi connectivity index (χ1n) is 3.93. The highest BCUT2D eigenvalue weighted by molar-refractivity contribution is 4.96. The average molecular weight is 164 g/mol. The predicted molar refractivity (Wildman–Crippen MR) is 46.8 cm³/mol. The van der Waals surface area contributed by atoms with E-state index >= 15 is 0 Å². The maximum Gasteiger partial charge on any atom is 0.103 e. The summed E-state index contributed by atoms with van der Waals surface area (Å²) in [6.45, 7) is 2.07. The van der Waals surface area contributed by atoms with E-state index in [1.165, 1.54) is 0 Å². The van der Waals surface area contributed by atoms with Gasteiger partial charge in [0.05, 0.1) is 18.8 Å². The molecule has 0 aromatic carbocycles. The van der Waals surface area contributed by atoms with E-state index in [0.29, 0.717) is 0 Å². The molecule has 0 unspecified atom stereocenters. The van der Waals surface area contributed by atoms with Crippen LogP contribution in [0.15, 0.2) is 51.9 Å². The molecule has 0 N–H and O–H groups in total. The van der Waals surface area contributed by atoms with Gasteiger partial charge in [-0.25, -0.2) is 0 Å². The van der Waals surface area contributed by atoms with E-state index in [0.717, 1.165) is 12.2 Å². The zero-order valence-corrected chi connectivity index (χ0v) is 7.07. The summed E-state index contributed by atoms with van der Waals surface area (Å²) in [5.74, 6) is 1.06. The van der Waals surface area contributed by atoms with Gasteiger partial charge >= 0.3 is 0 Å². The van der Waals surface area contributed by atoms with E-state index < -0.39 is 0 Å². The molecule has 0 spiro atoms. The van der Waals surface area contributed by atoms with Crippen LogP contribution in [-0.2, 0) is 6.42 Å². The fourth-order valence-electron chi connectivity index (χ4n) is 0.741. The van der Waals surface area contributed by atoms with Crippen molar-refractivity contribution in [2.75, 3.05) is 0 Å². The normalized spacial score (nSPS) is 8.75. The van der Waals surface area contributed by atoms with Crippen molar-refractivity contribution >= 4 is 0 Å². The Bertz CT molecular complexity index is 239. The van der Waals surface area contributed by atoms with Gasteiger partial charge in [0.1, 0.15) is 5.76 Å². The van der Waals surface area contributed by atoms with E-state index in [1.807, 2.05) is 24.3 Å². The van der Waals surface area contributed by atoms with Gasteiger partial charge < -0.3 is 8.83 Å². The van der Waals surface area contributed by atoms with Gasteiger partial charge in [0, 0.05) is 6.42 Å². The lowest BCUT2D eigenvalue weighted by Gasteiger charge is -1.79. The van der Waals surface area contributed by atoms with Gasteiger partial charge in [-0.05, 0) is 24.3 Å². The average Bonchev–Trinajstić information content (AvgIpc) is 2.81. The van der Waals surface area contributed by atoms with E-state index in [2.05, 4.69) is 11.3 Å². The Hall–Kier alpha value is -1.44. The minimum absolute atomic E-state index is 0.993. The first-order chi connectivity index (χ1) is 5.93. The molecule has 2 nitrogen and oxygen atoms in total. The highest BCUT2D eigenvalue weighted by Gasteiger charge is 1.84. The van der Waals surface area contributed by atoms with Gasteiger partial charge in [-0.15, -0.1) is 0 Å². The molecule has 0 aliphatic carbocycles. The predicted octanol–water partition coefficient (Wildman–Crippen LogP) is 3.12. The van der Waals surface area contributed by atoms with Crippen molar-refractivity contribution in [3.05, 3.63) is 48.8 Å². The van der Waals surface area contributed by atoms with Gasteiger partial charge in [-0.1, -0.05) is 6.92 Å². The summed E-state index contributed by atoms with van der Waals surface area (Å²) in [6.07, 6.45) is 5.94. The van der Waals surface area contributed by atoms with Crippen molar-refractivity contribution in [3.63, 3.8) is 0 Å². The lowest BCUT2D eigenvalue weighted by molar-refractivity contribution is 0.516. The first-order valence-corrected chi connectivity index (χ1v) is 3.93. The zero-order chi connectivity index (χ0) is 8.65. The second-order valence-electron chi connectivity index (χ2n) is 2.23. The molecule has 2 aromatic heterocycles. The SMILES string of the molecule is CCc1ccco1.c1ccoc1. The third kappa shape index (κ3) is 3.10. The Morgan fingerprint density at radius 3 is 2.08 bits per heavy atom. The topological polar surface area (TPSA) is 26.3 Å². The molecule has 12 heavy (non-hydrogen) atoms. The Morgan fingerprint density at radius 1 is 1.08 bits per heavy atom. The number of furan rings is 2. The number of hydrogen-bond acceptors (Lipinski definition) is 2. The van der Waals surface area contributed by atoms with Crippen LogP contribution in [0.3, 0.4) is 0 Å². The second kappa shape index (κ2) is 5.24. The molecule has 0 fully saturated rings. The molecule has 64 valence electrons. The third-order valence-electron chi connectivity index (χ3n) is 1.35. The minimum atomic E-state index is 0.993. The van der Waals surface area contributed by atoms with Crippen LogP contribution in [0.25, 0.3) is 0 Å². The van der Waals surface area contributed by atoms with Crippen LogP contribution in [0.1, 0.15) is 12.7 Å². The molecule has 0 radical (unpaired) electrons. The standard InChI is InChI=1S/C6H8O.C4H4O/c1-2-6-4-3-5-7-6;1-2-4-5-3-1/h3-5H,2H2,1H3;1-4H. The summed E-state index contributed by atoms with van der Waals surface area (Å²) in [5, 5.41) is 0. The van der Waals surface area contributed by atoms with Crippen molar-refractivity contribution in [3.8, 4) is 0 Å². The molecule has 2 heterocycles. The van der Waals surface area contributed by atoms with E-state index in [1.54, 1.807) is 18.8 Å². The molecule has 0 atom stereocenters. The number of hydrogen-bond donors (Lipinski definition) is 0. The van der Waals surface area contributed by atoms with Gasteiger partial charge in [-0.3, -0.25) is 0 Å². The van der Waals surface area contributed by atoms with Crippen LogP contribution in [-0.4, -0.2) is 0 Å². The fourth-order valence-corrected chi connectivity index (χ4v) is 0.741. The van der Waals surface area contributed by atoms with Crippen LogP contribution in [0.5, 0.6) is 0 Å². The van der Waals surface area contributed by atoms with Gasteiger partial charge in [-0.2, -0.15) is 0 Å². The molecule has 2 aromatic rings. The monoisotopic (exact) mass is 164 g/mol. The molecular formula is C10H12O2. The molecule has 0 aliphatic heterocycles. The molecule has 2 rings (SSSR count). The van der Waals surface area contributed by atoms with Crippen LogP contribution in [0.2, 0.25) is 0 Å². The van der Waals surface area contributed by atoms with Crippen molar-refractivity contribution < 1.29 is 8.83 Å². The molecule has 0 bridgehead atoms. The van der Waals surface area contributed by atoms with E-state index in [4.69, 9.17) is 4.42 Å². The largest absolute Gasteiger partial charge is 0.473 e.